The molecule has 0 spiro atoms. The Morgan fingerprint density at radius 2 is 1.86 bits per heavy atom. The van der Waals surface area contributed by atoms with Gasteiger partial charge in [0.2, 0.25) is 0 Å². The molecule has 0 aliphatic carbocycles. The molecule has 0 fully saturated rings. The van der Waals surface area contributed by atoms with Crippen molar-refractivity contribution in [3.63, 3.8) is 0 Å². The maximum absolute atomic E-state index is 4.72. The summed E-state index contributed by atoms with van der Waals surface area (Å²) in [6.07, 6.45) is 3.05. The van der Waals surface area contributed by atoms with Crippen LogP contribution in [0.1, 0.15) is 26.5 Å². The fourth-order valence-corrected chi connectivity index (χ4v) is 2.57. The molecule has 0 saturated carbocycles. The van der Waals surface area contributed by atoms with Crippen LogP contribution in [-0.4, -0.2) is 22.8 Å². The van der Waals surface area contributed by atoms with E-state index in [4.69, 9.17) is 4.98 Å². The molecule has 3 nitrogen and oxygen atoms in total. The Kier molecular flexibility index (Phi) is 5.62. The Labute approximate surface area is 131 Å². The van der Waals surface area contributed by atoms with Gasteiger partial charge < -0.3 is 5.32 Å². The lowest BCUT2D eigenvalue weighted by Crippen LogP contribution is -2.06. The van der Waals surface area contributed by atoms with Crippen molar-refractivity contribution in [2.75, 3.05) is 18.1 Å². The highest BCUT2D eigenvalue weighted by atomic mass is 32.2. The number of rotatable bonds is 6. The number of nitrogens with one attached hydrogen (secondary N) is 1. The molecule has 21 heavy (non-hydrogen) atoms. The lowest BCUT2D eigenvalue weighted by atomic mass is 10.1. The number of hydrogen-bond donors (Lipinski definition) is 1. The number of nitrogens with zero attached hydrogens (tertiary/aromatic N) is 2. The van der Waals surface area contributed by atoms with Crippen LogP contribution < -0.4 is 5.32 Å². The van der Waals surface area contributed by atoms with Crippen molar-refractivity contribution in [2.45, 2.75) is 32.1 Å². The molecule has 0 bridgehead atoms. The van der Waals surface area contributed by atoms with Crippen molar-refractivity contribution in [3.8, 4) is 11.4 Å². The highest BCUT2D eigenvalue weighted by Crippen LogP contribution is 2.22. The molecule has 0 saturated heterocycles. The van der Waals surface area contributed by atoms with Gasteiger partial charge in [-0.2, -0.15) is 0 Å². The highest BCUT2D eigenvalue weighted by molar-refractivity contribution is 7.98. The van der Waals surface area contributed by atoms with Crippen LogP contribution in [-0.2, 0) is 6.42 Å². The first-order valence-electron chi connectivity index (χ1n) is 7.38. The molecule has 4 heteroatoms. The maximum Gasteiger partial charge on any atom is 0.161 e. The van der Waals surface area contributed by atoms with Crippen LogP contribution in [0.2, 0.25) is 0 Å². The van der Waals surface area contributed by atoms with E-state index < -0.39 is 0 Å². The summed E-state index contributed by atoms with van der Waals surface area (Å²) in [5, 5.41) is 3.30. The molecule has 0 aliphatic rings. The van der Waals surface area contributed by atoms with Gasteiger partial charge in [-0.05, 0) is 37.7 Å². The maximum atomic E-state index is 4.72. The summed E-state index contributed by atoms with van der Waals surface area (Å²) in [5.41, 5.74) is 2.16. The first kappa shape index (κ1) is 15.8. The number of benzene rings is 1. The van der Waals surface area contributed by atoms with Gasteiger partial charge in [0.25, 0.3) is 0 Å². The summed E-state index contributed by atoms with van der Waals surface area (Å²) < 4.78 is 0. The van der Waals surface area contributed by atoms with Gasteiger partial charge in [-0.1, -0.05) is 26.0 Å². The average Bonchev–Trinajstić information content (AvgIpc) is 2.47. The van der Waals surface area contributed by atoms with Gasteiger partial charge in [-0.15, -0.1) is 11.8 Å². The Hall–Kier alpha value is -1.55. The predicted molar refractivity (Wildman–Crippen MR) is 92.0 cm³/mol. The van der Waals surface area contributed by atoms with Gasteiger partial charge in [0.05, 0.1) is 0 Å². The fourth-order valence-electron chi connectivity index (χ4n) is 2.16. The standard InChI is InChI=1S/C17H23N3S/c1-5-18-16-11-14(10-12(2)3)19-17(20-16)13-6-8-15(21-4)9-7-13/h6-9,11-12H,5,10H2,1-4H3,(H,18,19,20). The van der Waals surface area contributed by atoms with Gasteiger partial charge in [-0.25, -0.2) is 9.97 Å². The minimum absolute atomic E-state index is 0.584. The van der Waals surface area contributed by atoms with Crippen LogP contribution in [0.5, 0.6) is 0 Å². The first-order chi connectivity index (χ1) is 10.1. The van der Waals surface area contributed by atoms with Gasteiger partial charge in [0.15, 0.2) is 5.82 Å². The second-order valence-corrected chi connectivity index (χ2v) is 6.30. The molecule has 1 aromatic heterocycles. The predicted octanol–water partition coefficient (Wildman–Crippen LogP) is 4.50. The van der Waals surface area contributed by atoms with E-state index in [1.165, 1.54) is 4.90 Å². The van der Waals surface area contributed by atoms with Crippen LogP contribution >= 0.6 is 11.8 Å². The van der Waals surface area contributed by atoms with Gasteiger partial charge in [-0.3, -0.25) is 0 Å². The number of thioether (sulfide) groups is 1. The third-order valence-corrected chi connectivity index (χ3v) is 3.85. The van der Waals surface area contributed by atoms with Crippen LogP contribution in [0.15, 0.2) is 35.2 Å². The van der Waals surface area contributed by atoms with Crippen LogP contribution in [0.3, 0.4) is 0 Å². The summed E-state index contributed by atoms with van der Waals surface area (Å²) in [5.74, 6) is 2.30. The van der Waals surface area contributed by atoms with Gasteiger partial charge in [0, 0.05) is 28.8 Å². The van der Waals surface area contributed by atoms with E-state index >= 15 is 0 Å². The summed E-state index contributed by atoms with van der Waals surface area (Å²) in [6, 6.07) is 10.5. The highest BCUT2D eigenvalue weighted by Gasteiger charge is 2.08. The topological polar surface area (TPSA) is 37.8 Å². The second-order valence-electron chi connectivity index (χ2n) is 5.42. The quantitative estimate of drug-likeness (QED) is 0.797. The van der Waals surface area contributed by atoms with E-state index in [1.54, 1.807) is 11.8 Å². The van der Waals surface area contributed by atoms with Gasteiger partial charge in [0.1, 0.15) is 5.82 Å². The summed E-state index contributed by atoms with van der Waals surface area (Å²) >= 11 is 1.74. The van der Waals surface area contributed by atoms with E-state index in [0.29, 0.717) is 5.92 Å². The smallest absolute Gasteiger partial charge is 0.161 e. The van der Waals surface area contributed by atoms with Crippen LogP contribution in [0.25, 0.3) is 11.4 Å². The monoisotopic (exact) mass is 301 g/mol. The molecule has 1 heterocycles. The second kappa shape index (κ2) is 7.46. The molecule has 2 aromatic rings. The van der Waals surface area contributed by atoms with Crippen LogP contribution in [0.4, 0.5) is 5.82 Å². The Morgan fingerprint density at radius 3 is 2.43 bits per heavy atom. The third kappa shape index (κ3) is 4.46. The zero-order valence-corrected chi connectivity index (χ0v) is 14.0. The SMILES string of the molecule is CCNc1cc(CC(C)C)nc(-c2ccc(SC)cc2)n1. The molecule has 112 valence electrons. The molecule has 1 aromatic carbocycles. The summed E-state index contributed by atoms with van der Waals surface area (Å²) in [4.78, 5) is 10.6. The lowest BCUT2D eigenvalue weighted by Gasteiger charge is -2.10. The van der Waals surface area contributed by atoms with E-state index in [9.17, 15) is 0 Å². The van der Waals surface area contributed by atoms with Crippen molar-refractivity contribution in [1.82, 2.24) is 9.97 Å². The molecule has 0 atom stereocenters. The van der Waals surface area contributed by atoms with E-state index in [1.807, 2.05) is 0 Å². The van der Waals surface area contributed by atoms with E-state index in [0.717, 1.165) is 35.9 Å². The van der Waals surface area contributed by atoms with Gasteiger partial charge >= 0.3 is 0 Å². The molecule has 0 amide bonds. The van der Waals surface area contributed by atoms with Crippen molar-refractivity contribution < 1.29 is 0 Å². The minimum atomic E-state index is 0.584. The van der Waals surface area contributed by atoms with E-state index in [-0.39, 0.29) is 0 Å². The zero-order chi connectivity index (χ0) is 15.2. The van der Waals surface area contributed by atoms with Crippen molar-refractivity contribution in [3.05, 3.63) is 36.0 Å². The zero-order valence-electron chi connectivity index (χ0n) is 13.2. The lowest BCUT2D eigenvalue weighted by molar-refractivity contribution is 0.635. The molecule has 2 rings (SSSR count). The molecule has 0 aliphatic heterocycles. The molecule has 0 radical (unpaired) electrons. The third-order valence-electron chi connectivity index (χ3n) is 3.10. The summed E-state index contributed by atoms with van der Waals surface area (Å²) in [6.45, 7) is 7.37. The fraction of sp³-hybridized carbons (Fsp3) is 0.412. The van der Waals surface area contributed by atoms with Crippen LogP contribution in [0, 0.1) is 5.92 Å². The summed E-state index contributed by atoms with van der Waals surface area (Å²) in [7, 11) is 0. The number of anilines is 1. The normalized spacial score (nSPS) is 10.9. The molecular weight excluding hydrogens is 278 g/mol. The minimum Gasteiger partial charge on any atom is -0.370 e. The Balaban J connectivity index is 2.37. The molecule has 0 unspecified atom stereocenters. The largest absolute Gasteiger partial charge is 0.370 e. The molecular formula is C17H23N3S. The first-order valence-corrected chi connectivity index (χ1v) is 8.61. The Morgan fingerprint density at radius 1 is 1.14 bits per heavy atom. The number of hydrogen-bond acceptors (Lipinski definition) is 4. The van der Waals surface area contributed by atoms with Crippen molar-refractivity contribution >= 4 is 17.6 Å². The van der Waals surface area contributed by atoms with E-state index in [2.05, 4.69) is 67.7 Å². The average molecular weight is 301 g/mol. The Bertz CT molecular complexity index is 579. The molecule has 1 N–H and O–H groups in total. The number of aromatic nitrogens is 2. The van der Waals surface area contributed by atoms with Crippen molar-refractivity contribution in [1.29, 1.82) is 0 Å². The van der Waals surface area contributed by atoms with Crippen molar-refractivity contribution in [2.24, 2.45) is 5.92 Å².